The van der Waals surface area contributed by atoms with Gasteiger partial charge in [0.05, 0.1) is 16.3 Å². The molecule has 1 aromatic heterocycles. The number of aromatic hydroxyl groups is 1. The number of hydrogen-bond donors (Lipinski definition) is 2. The van der Waals surface area contributed by atoms with Crippen molar-refractivity contribution in [2.45, 2.75) is 44.4 Å². The number of azo groups is 1. The van der Waals surface area contributed by atoms with Crippen molar-refractivity contribution in [3.8, 4) is 5.75 Å². The second-order valence-electron chi connectivity index (χ2n) is 7.80. The van der Waals surface area contributed by atoms with Crippen molar-refractivity contribution >= 4 is 27.2 Å². The molecule has 0 unspecified atom stereocenters. The lowest BCUT2D eigenvalue weighted by molar-refractivity contribution is 0.454. The Kier molecular flexibility index (Phi) is 6.70. The van der Waals surface area contributed by atoms with Crippen molar-refractivity contribution in [1.82, 2.24) is 4.98 Å². The van der Waals surface area contributed by atoms with Crippen LogP contribution in [0, 0.1) is 0 Å². The summed E-state index contributed by atoms with van der Waals surface area (Å²) in [5.41, 5.74) is 2.80. The molecule has 3 rings (SSSR count). The van der Waals surface area contributed by atoms with E-state index in [0.717, 1.165) is 11.1 Å². The van der Waals surface area contributed by atoms with Gasteiger partial charge in [-0.15, -0.1) is 0 Å². The maximum atomic E-state index is 12.5. The van der Waals surface area contributed by atoms with Crippen molar-refractivity contribution in [3.05, 3.63) is 71.9 Å². The van der Waals surface area contributed by atoms with Gasteiger partial charge in [-0.1, -0.05) is 33.8 Å². The van der Waals surface area contributed by atoms with Gasteiger partial charge in [0, 0.05) is 6.20 Å². The van der Waals surface area contributed by atoms with Crippen molar-refractivity contribution in [1.29, 1.82) is 0 Å². The normalized spacial score (nSPS) is 12.1. The van der Waals surface area contributed by atoms with E-state index in [4.69, 9.17) is 0 Å². The van der Waals surface area contributed by atoms with Crippen molar-refractivity contribution in [2.24, 2.45) is 10.2 Å². The number of anilines is 1. The minimum atomic E-state index is -3.74. The molecule has 2 N–H and O–H groups in total. The lowest BCUT2D eigenvalue weighted by Gasteiger charge is -2.15. The standard InChI is InChI=1S/C23H26N4O3S/c1-15(2)20-13-18(14-21(16(3)4)23(20)28)26-25-17-8-10-19(11-9-17)31(29,30)27-22-7-5-6-12-24-22/h5-16,28H,1-4H3,(H,24,27)/b26-25+. The fourth-order valence-electron chi connectivity index (χ4n) is 3.03. The number of aromatic nitrogens is 1. The third-order valence-electron chi connectivity index (χ3n) is 4.73. The molecule has 3 aromatic rings. The van der Waals surface area contributed by atoms with E-state index in [2.05, 4.69) is 19.9 Å². The highest BCUT2D eigenvalue weighted by Gasteiger charge is 2.16. The highest BCUT2D eigenvalue weighted by molar-refractivity contribution is 7.92. The molecule has 1 heterocycles. The van der Waals surface area contributed by atoms with Gasteiger partial charge in [0.15, 0.2) is 0 Å². The molecule has 8 heteroatoms. The van der Waals surface area contributed by atoms with Crippen LogP contribution in [0.2, 0.25) is 0 Å². The lowest BCUT2D eigenvalue weighted by Crippen LogP contribution is -2.13. The number of hydrogen-bond acceptors (Lipinski definition) is 6. The second-order valence-corrected chi connectivity index (χ2v) is 9.48. The Morgan fingerprint density at radius 1 is 0.871 bits per heavy atom. The molecule has 0 aliphatic heterocycles. The molecule has 162 valence electrons. The van der Waals surface area contributed by atoms with Crippen LogP contribution >= 0.6 is 0 Å². The van der Waals surface area contributed by atoms with E-state index >= 15 is 0 Å². The number of phenols is 1. The summed E-state index contributed by atoms with van der Waals surface area (Å²) in [6.45, 7) is 8.05. The van der Waals surface area contributed by atoms with Crippen molar-refractivity contribution in [2.75, 3.05) is 4.72 Å². The summed E-state index contributed by atoms with van der Waals surface area (Å²) in [4.78, 5) is 4.08. The van der Waals surface area contributed by atoms with Gasteiger partial charge in [-0.25, -0.2) is 13.4 Å². The molecule has 0 fully saturated rings. The van der Waals surface area contributed by atoms with E-state index in [-0.39, 0.29) is 22.5 Å². The molecule has 7 nitrogen and oxygen atoms in total. The van der Waals surface area contributed by atoms with Crippen LogP contribution in [0.5, 0.6) is 5.75 Å². The van der Waals surface area contributed by atoms with Crippen LogP contribution in [0.15, 0.2) is 75.9 Å². The smallest absolute Gasteiger partial charge is 0.263 e. The molecule has 31 heavy (non-hydrogen) atoms. The van der Waals surface area contributed by atoms with Crippen LogP contribution < -0.4 is 4.72 Å². The van der Waals surface area contributed by atoms with Crippen LogP contribution in [-0.4, -0.2) is 18.5 Å². The highest BCUT2D eigenvalue weighted by Crippen LogP contribution is 2.37. The number of nitrogens with zero attached hydrogens (tertiary/aromatic N) is 3. The summed E-state index contributed by atoms with van der Waals surface area (Å²) < 4.78 is 27.4. The predicted octanol–water partition coefficient (Wildman–Crippen LogP) is 6.25. The first-order valence-electron chi connectivity index (χ1n) is 10.00. The Morgan fingerprint density at radius 2 is 1.45 bits per heavy atom. The Bertz CT molecular complexity index is 1140. The van der Waals surface area contributed by atoms with E-state index in [1.807, 2.05) is 39.8 Å². The van der Waals surface area contributed by atoms with Crippen molar-refractivity contribution in [3.63, 3.8) is 0 Å². The van der Waals surface area contributed by atoms with E-state index in [9.17, 15) is 13.5 Å². The summed E-state index contributed by atoms with van der Waals surface area (Å²) >= 11 is 0. The summed E-state index contributed by atoms with van der Waals surface area (Å²) in [6, 6.07) is 14.7. The Morgan fingerprint density at radius 3 is 1.97 bits per heavy atom. The highest BCUT2D eigenvalue weighted by atomic mass is 32.2. The maximum Gasteiger partial charge on any atom is 0.263 e. The van der Waals surface area contributed by atoms with E-state index in [1.165, 1.54) is 18.3 Å². The van der Waals surface area contributed by atoms with Crippen LogP contribution in [0.1, 0.15) is 50.7 Å². The molecule has 0 bridgehead atoms. The molecule has 0 saturated carbocycles. The number of pyridine rings is 1. The molecule has 2 aromatic carbocycles. The summed E-state index contributed by atoms with van der Waals surface area (Å²) in [5.74, 6) is 0.840. The predicted molar refractivity (Wildman–Crippen MR) is 122 cm³/mol. The van der Waals surface area contributed by atoms with Crippen LogP contribution in [0.4, 0.5) is 17.2 Å². The van der Waals surface area contributed by atoms with Crippen molar-refractivity contribution < 1.29 is 13.5 Å². The first-order valence-corrected chi connectivity index (χ1v) is 11.5. The van der Waals surface area contributed by atoms with Gasteiger partial charge in [0.2, 0.25) is 0 Å². The van der Waals surface area contributed by atoms with Crippen LogP contribution in [0.25, 0.3) is 0 Å². The zero-order chi connectivity index (χ0) is 22.6. The zero-order valence-corrected chi connectivity index (χ0v) is 18.8. The van der Waals surface area contributed by atoms with Crippen LogP contribution in [-0.2, 0) is 10.0 Å². The SMILES string of the molecule is CC(C)c1cc(/N=N/c2ccc(S(=O)(=O)Nc3ccccn3)cc2)cc(C(C)C)c1O. The maximum absolute atomic E-state index is 12.5. The van der Waals surface area contributed by atoms with Gasteiger partial charge in [0.1, 0.15) is 11.6 Å². The van der Waals surface area contributed by atoms with E-state index < -0.39 is 10.0 Å². The minimum absolute atomic E-state index is 0.103. The van der Waals surface area contributed by atoms with Gasteiger partial charge < -0.3 is 5.11 Å². The monoisotopic (exact) mass is 438 g/mol. The van der Waals surface area contributed by atoms with E-state index in [0.29, 0.717) is 17.1 Å². The minimum Gasteiger partial charge on any atom is -0.507 e. The lowest BCUT2D eigenvalue weighted by atomic mass is 9.93. The Labute approximate surface area is 183 Å². The molecular formula is C23H26N4O3S. The molecule has 0 spiro atoms. The fraction of sp³-hybridized carbons (Fsp3) is 0.261. The number of sulfonamides is 1. The third kappa shape index (κ3) is 5.46. The summed E-state index contributed by atoms with van der Waals surface area (Å²) in [6.07, 6.45) is 1.51. The van der Waals surface area contributed by atoms with Gasteiger partial charge >= 0.3 is 0 Å². The second kappa shape index (κ2) is 9.26. The van der Waals surface area contributed by atoms with Crippen LogP contribution in [0.3, 0.4) is 0 Å². The fourth-order valence-corrected chi connectivity index (χ4v) is 4.04. The molecule has 0 aliphatic rings. The van der Waals surface area contributed by atoms with Gasteiger partial charge in [-0.05, 0) is 71.5 Å². The topological polar surface area (TPSA) is 104 Å². The zero-order valence-electron chi connectivity index (χ0n) is 17.9. The number of benzene rings is 2. The number of phenolic OH excluding ortho intramolecular Hbond substituents is 1. The Balaban J connectivity index is 1.83. The summed E-state index contributed by atoms with van der Waals surface area (Å²) in [7, 11) is -3.74. The number of rotatable bonds is 7. The molecular weight excluding hydrogens is 412 g/mol. The van der Waals surface area contributed by atoms with Gasteiger partial charge in [0.25, 0.3) is 10.0 Å². The first kappa shape index (κ1) is 22.4. The molecule has 0 aliphatic carbocycles. The Hall–Kier alpha value is -3.26. The third-order valence-corrected chi connectivity index (χ3v) is 6.10. The van der Waals surface area contributed by atoms with Gasteiger partial charge in [-0.3, -0.25) is 4.72 Å². The molecule has 0 saturated heterocycles. The quantitative estimate of drug-likeness (QED) is 0.425. The molecule has 0 atom stereocenters. The average Bonchev–Trinajstić information content (AvgIpc) is 2.73. The summed E-state index contributed by atoms with van der Waals surface area (Å²) in [5, 5.41) is 19.0. The average molecular weight is 439 g/mol. The molecule has 0 amide bonds. The van der Waals surface area contributed by atoms with Gasteiger partial charge in [-0.2, -0.15) is 10.2 Å². The first-order chi connectivity index (χ1) is 14.7. The largest absolute Gasteiger partial charge is 0.507 e. The number of nitrogens with one attached hydrogen (secondary N) is 1. The van der Waals surface area contributed by atoms with E-state index in [1.54, 1.807) is 30.3 Å². The molecule has 0 radical (unpaired) electrons.